The van der Waals surface area contributed by atoms with Crippen LogP contribution in [0.5, 0.6) is 0 Å². The van der Waals surface area contributed by atoms with Crippen molar-refractivity contribution >= 4 is 33.4 Å². The third-order valence-corrected chi connectivity index (χ3v) is 8.42. The highest BCUT2D eigenvalue weighted by molar-refractivity contribution is 7.89. The molecule has 0 heterocycles. The smallest absolute Gasteiger partial charge is 0.242 e. The topological polar surface area (TPSA) is 104 Å². The van der Waals surface area contributed by atoms with Gasteiger partial charge < -0.3 is 10.6 Å². The summed E-state index contributed by atoms with van der Waals surface area (Å²) >= 11 is 5.84. The Bertz CT molecular complexity index is 953. The van der Waals surface area contributed by atoms with Crippen LogP contribution in [0.2, 0.25) is 5.02 Å². The molecule has 0 radical (unpaired) electrons. The van der Waals surface area contributed by atoms with Crippen LogP contribution >= 0.6 is 11.6 Å². The first-order chi connectivity index (χ1) is 17.1. The van der Waals surface area contributed by atoms with Crippen LogP contribution in [0.15, 0.2) is 23.1 Å². The lowest BCUT2D eigenvalue weighted by molar-refractivity contribution is -0.129. The Morgan fingerprint density at radius 3 is 2.47 bits per heavy atom. The van der Waals surface area contributed by atoms with E-state index in [0.717, 1.165) is 37.0 Å². The molecule has 0 unspecified atom stereocenters. The van der Waals surface area contributed by atoms with Gasteiger partial charge in [0, 0.05) is 19.5 Å². The van der Waals surface area contributed by atoms with Crippen LogP contribution in [0, 0.1) is 17.7 Å². The number of hydrogen-bond donors (Lipinski definition) is 3. The predicted octanol–water partition coefficient (Wildman–Crippen LogP) is 4.94. The molecule has 0 bridgehead atoms. The van der Waals surface area contributed by atoms with Gasteiger partial charge in [-0.3, -0.25) is 9.59 Å². The first-order valence-corrected chi connectivity index (χ1v) is 15.0. The van der Waals surface area contributed by atoms with Gasteiger partial charge in [0.25, 0.3) is 0 Å². The van der Waals surface area contributed by atoms with Gasteiger partial charge in [-0.1, -0.05) is 70.4 Å². The molecule has 7 nitrogen and oxygen atoms in total. The van der Waals surface area contributed by atoms with Gasteiger partial charge in [0.05, 0.1) is 5.02 Å². The first kappa shape index (κ1) is 30.5. The largest absolute Gasteiger partial charge is 0.354 e. The van der Waals surface area contributed by atoms with Crippen LogP contribution in [0.3, 0.4) is 0 Å². The molecule has 0 saturated heterocycles. The van der Waals surface area contributed by atoms with E-state index < -0.39 is 21.9 Å². The molecule has 1 atom stereocenters. The van der Waals surface area contributed by atoms with Gasteiger partial charge in [-0.25, -0.2) is 17.5 Å². The zero-order valence-electron chi connectivity index (χ0n) is 21.5. The number of sulfonamides is 1. The maximum absolute atomic E-state index is 13.2. The highest BCUT2D eigenvalue weighted by Crippen LogP contribution is 2.28. The minimum Gasteiger partial charge on any atom is -0.354 e. The number of nitrogens with one attached hydrogen (secondary N) is 3. The monoisotopic (exact) mass is 545 g/mol. The highest BCUT2D eigenvalue weighted by atomic mass is 35.5. The molecule has 1 fully saturated rings. The van der Waals surface area contributed by atoms with E-state index in [2.05, 4.69) is 15.4 Å². The van der Waals surface area contributed by atoms with Gasteiger partial charge in [-0.05, 0) is 49.3 Å². The second-order valence-corrected chi connectivity index (χ2v) is 12.3. The lowest BCUT2D eigenvalue weighted by atomic mass is 9.85. The molecule has 0 aromatic heterocycles. The van der Waals surface area contributed by atoms with Crippen molar-refractivity contribution in [3.05, 3.63) is 29.0 Å². The van der Waals surface area contributed by atoms with Crippen molar-refractivity contribution in [1.29, 1.82) is 0 Å². The van der Waals surface area contributed by atoms with Crippen LogP contribution in [-0.2, 0) is 19.6 Å². The maximum Gasteiger partial charge on any atom is 0.242 e. The molecule has 1 aromatic rings. The predicted molar refractivity (Wildman–Crippen MR) is 141 cm³/mol. The third-order valence-electron chi connectivity index (χ3n) is 6.48. The number of halogens is 2. The number of hydrogen-bond acceptors (Lipinski definition) is 4. The van der Waals surface area contributed by atoms with Crippen LogP contribution in [0.1, 0.15) is 84.5 Å². The summed E-state index contributed by atoms with van der Waals surface area (Å²) in [7, 11) is -3.89. The number of carbonyl (C=O) groups is 2. The molecule has 1 aliphatic carbocycles. The van der Waals surface area contributed by atoms with E-state index in [1.807, 2.05) is 13.8 Å². The van der Waals surface area contributed by atoms with Crippen LogP contribution in [0.25, 0.3) is 0 Å². The molecular weight excluding hydrogens is 505 g/mol. The summed E-state index contributed by atoms with van der Waals surface area (Å²) in [6.07, 6.45) is 10.9. The van der Waals surface area contributed by atoms with Gasteiger partial charge in [0.1, 0.15) is 16.8 Å². The molecule has 1 aliphatic rings. The summed E-state index contributed by atoms with van der Waals surface area (Å²) in [6.45, 7) is 4.29. The fourth-order valence-corrected chi connectivity index (χ4v) is 6.17. The Hall–Kier alpha value is -1.71. The average molecular weight is 546 g/mol. The molecule has 3 N–H and O–H groups in total. The summed E-state index contributed by atoms with van der Waals surface area (Å²) < 4.78 is 40.3. The first-order valence-electron chi connectivity index (χ1n) is 13.1. The van der Waals surface area contributed by atoms with Crippen LogP contribution < -0.4 is 15.4 Å². The van der Waals surface area contributed by atoms with E-state index in [-0.39, 0.29) is 40.7 Å². The van der Waals surface area contributed by atoms with E-state index in [1.54, 1.807) is 0 Å². The average Bonchev–Trinajstić information content (AvgIpc) is 2.81. The van der Waals surface area contributed by atoms with Crippen molar-refractivity contribution in [2.45, 2.75) is 95.4 Å². The Kier molecular flexibility index (Phi) is 13.2. The number of benzene rings is 1. The lowest BCUT2D eigenvalue weighted by Crippen LogP contribution is -2.47. The lowest BCUT2D eigenvalue weighted by Gasteiger charge is -2.22. The molecule has 2 amide bonds. The Labute approximate surface area is 220 Å². The van der Waals surface area contributed by atoms with Crippen molar-refractivity contribution in [1.82, 2.24) is 15.4 Å². The third kappa shape index (κ3) is 11.1. The molecule has 0 aliphatic heterocycles. The highest BCUT2D eigenvalue weighted by Gasteiger charge is 2.22. The zero-order valence-corrected chi connectivity index (χ0v) is 23.0. The fraction of sp³-hybridized carbons (Fsp3) is 0.692. The summed E-state index contributed by atoms with van der Waals surface area (Å²) in [5, 5.41) is 5.46. The van der Waals surface area contributed by atoms with Crippen molar-refractivity contribution in [2.75, 3.05) is 13.1 Å². The van der Waals surface area contributed by atoms with Crippen molar-refractivity contribution in [3.8, 4) is 0 Å². The van der Waals surface area contributed by atoms with Gasteiger partial charge in [0.2, 0.25) is 21.8 Å². The van der Waals surface area contributed by atoms with E-state index in [1.165, 1.54) is 38.5 Å². The minimum atomic E-state index is -3.89. The van der Waals surface area contributed by atoms with Gasteiger partial charge in [-0.15, -0.1) is 0 Å². The van der Waals surface area contributed by atoms with Crippen molar-refractivity contribution in [3.63, 3.8) is 0 Å². The SMILES string of the molecule is CC(C)C[C@H](NC(=O)CCCCC1CCCCC1)C(=O)NCCCNS(=O)(=O)c1ccc(F)cc1Cl. The number of unbranched alkanes of at least 4 members (excludes halogenated alkanes) is 1. The normalized spacial score (nSPS) is 15.6. The maximum atomic E-state index is 13.2. The molecule has 1 aromatic carbocycles. The van der Waals surface area contributed by atoms with Crippen molar-refractivity contribution in [2.24, 2.45) is 11.8 Å². The second kappa shape index (κ2) is 15.5. The van der Waals surface area contributed by atoms with E-state index in [9.17, 15) is 22.4 Å². The number of amides is 2. The zero-order chi connectivity index (χ0) is 26.6. The Balaban J connectivity index is 1.71. The summed E-state index contributed by atoms with van der Waals surface area (Å²) in [5.74, 6) is 0.0225. The van der Waals surface area contributed by atoms with E-state index >= 15 is 0 Å². The number of carbonyl (C=O) groups excluding carboxylic acids is 2. The van der Waals surface area contributed by atoms with Crippen LogP contribution in [-0.4, -0.2) is 39.4 Å². The molecule has 0 spiro atoms. The summed E-state index contributed by atoms with van der Waals surface area (Å²) in [6, 6.07) is 2.46. The van der Waals surface area contributed by atoms with E-state index in [4.69, 9.17) is 11.6 Å². The van der Waals surface area contributed by atoms with Crippen molar-refractivity contribution < 1.29 is 22.4 Å². The summed E-state index contributed by atoms with van der Waals surface area (Å²) in [5.41, 5.74) is 0. The Morgan fingerprint density at radius 2 is 1.81 bits per heavy atom. The second-order valence-electron chi connectivity index (χ2n) is 10.1. The molecule has 10 heteroatoms. The van der Waals surface area contributed by atoms with Gasteiger partial charge in [-0.2, -0.15) is 0 Å². The molecule has 2 rings (SSSR count). The van der Waals surface area contributed by atoms with E-state index in [0.29, 0.717) is 19.3 Å². The Morgan fingerprint density at radius 1 is 1.08 bits per heavy atom. The minimum absolute atomic E-state index is 0.0680. The van der Waals surface area contributed by atoms with Gasteiger partial charge in [0.15, 0.2) is 0 Å². The molecule has 1 saturated carbocycles. The molecule has 36 heavy (non-hydrogen) atoms. The summed E-state index contributed by atoms with van der Waals surface area (Å²) in [4.78, 5) is 24.9. The fourth-order valence-electron chi connectivity index (χ4n) is 4.56. The number of rotatable bonds is 15. The molecule has 204 valence electrons. The van der Waals surface area contributed by atoms with Crippen LogP contribution in [0.4, 0.5) is 4.39 Å². The molecular formula is C26H41ClFN3O4S. The van der Waals surface area contributed by atoms with Gasteiger partial charge >= 0.3 is 0 Å². The standard InChI is InChI=1S/C26H41ClFN3O4S/c1-19(2)17-23(31-25(32)12-7-6-11-20-9-4-3-5-10-20)26(33)29-15-8-16-30-36(34,35)24-14-13-21(28)18-22(24)27/h13-14,18-20,23,30H,3-12,15-17H2,1-2H3,(H,29,33)(H,31,32)/t23-/m0/s1. The quantitative estimate of drug-likeness (QED) is 0.272.